The quantitative estimate of drug-likeness (QED) is 0.110. The summed E-state index contributed by atoms with van der Waals surface area (Å²) < 4.78 is 23.2. The minimum Gasteiger partial charge on any atom is -0.493 e. The van der Waals surface area contributed by atoms with Gasteiger partial charge in [0, 0.05) is 47.1 Å². The fraction of sp³-hybridized carbons (Fsp3) is 0.222. The molecular weight excluding hydrogens is 645 g/mol. The molecule has 2 amide bonds. The van der Waals surface area contributed by atoms with Gasteiger partial charge in [-0.15, -0.1) is 0 Å². The number of aromatic carboxylic acids is 1. The summed E-state index contributed by atoms with van der Waals surface area (Å²) in [7, 11) is 3.08. The van der Waals surface area contributed by atoms with Crippen molar-refractivity contribution in [1.82, 2.24) is 30.2 Å². The standard InChI is InChI=1S/C28H31N5O4.C8H5FN2O2/c1-6-17-11-20(33-27(35)18-7-10-23(36-4)24(13-18)37-5)8-9-21(17)28(2,3)15-30-26(34)19-12-22-25(29-14-19)32-16-31-22;9-7-1-4-5(8(12)13)2-10-6(4)3-11-7/h7-14,16H,6,15H2,1-5H3,(H,30,34)(H,33,35)(H,29,31,32);1-3,10H,(H,12,13). The van der Waals surface area contributed by atoms with Gasteiger partial charge in [0.15, 0.2) is 17.1 Å². The Labute approximate surface area is 286 Å². The summed E-state index contributed by atoms with van der Waals surface area (Å²) in [6.07, 6.45) is 6.42. The third-order valence-electron chi connectivity index (χ3n) is 8.11. The number of H-pyrrole nitrogens is 2. The molecule has 50 heavy (non-hydrogen) atoms. The van der Waals surface area contributed by atoms with Gasteiger partial charge in [0.2, 0.25) is 5.95 Å². The van der Waals surface area contributed by atoms with Crippen molar-refractivity contribution in [3.05, 3.63) is 107 Å². The summed E-state index contributed by atoms with van der Waals surface area (Å²) in [5.74, 6) is -1.17. The number of hydrogen-bond acceptors (Lipinski definition) is 8. The number of halogens is 1. The van der Waals surface area contributed by atoms with Crippen molar-refractivity contribution in [1.29, 1.82) is 0 Å². The number of aromatic amines is 2. The Morgan fingerprint density at radius 1 is 0.880 bits per heavy atom. The van der Waals surface area contributed by atoms with E-state index >= 15 is 0 Å². The second-order valence-electron chi connectivity index (χ2n) is 11.9. The largest absolute Gasteiger partial charge is 0.493 e. The number of amides is 2. The number of fused-ring (bicyclic) bond motifs is 2. The summed E-state index contributed by atoms with van der Waals surface area (Å²) in [4.78, 5) is 53.6. The molecule has 0 saturated heterocycles. The molecule has 0 bridgehead atoms. The van der Waals surface area contributed by atoms with Crippen LogP contribution < -0.4 is 20.1 Å². The van der Waals surface area contributed by atoms with E-state index in [0.717, 1.165) is 23.6 Å². The first-order chi connectivity index (χ1) is 23.9. The monoisotopic (exact) mass is 681 g/mol. The van der Waals surface area contributed by atoms with Crippen LogP contribution in [0.15, 0.2) is 73.4 Å². The van der Waals surface area contributed by atoms with E-state index in [-0.39, 0.29) is 22.8 Å². The molecule has 0 saturated carbocycles. The lowest BCUT2D eigenvalue weighted by atomic mass is 9.80. The van der Waals surface area contributed by atoms with Crippen LogP contribution in [0, 0.1) is 5.95 Å². The lowest BCUT2D eigenvalue weighted by Crippen LogP contribution is -2.37. The number of rotatable bonds is 10. The van der Waals surface area contributed by atoms with Crippen molar-refractivity contribution in [3.8, 4) is 11.5 Å². The van der Waals surface area contributed by atoms with Crippen molar-refractivity contribution >= 4 is 45.5 Å². The van der Waals surface area contributed by atoms with Crippen molar-refractivity contribution in [2.24, 2.45) is 0 Å². The fourth-order valence-corrected chi connectivity index (χ4v) is 5.43. The first kappa shape index (κ1) is 35.0. The van der Waals surface area contributed by atoms with Gasteiger partial charge in [-0.2, -0.15) is 4.39 Å². The number of carbonyl (C=O) groups excluding carboxylic acids is 2. The Morgan fingerprint density at radius 2 is 1.66 bits per heavy atom. The van der Waals surface area contributed by atoms with Crippen LogP contribution in [0.4, 0.5) is 10.1 Å². The summed E-state index contributed by atoms with van der Waals surface area (Å²) in [6.45, 7) is 6.66. The molecule has 0 fully saturated rings. The molecule has 0 radical (unpaired) electrons. The highest BCUT2D eigenvalue weighted by molar-refractivity contribution is 6.05. The number of nitrogens with zero attached hydrogens (tertiary/aromatic N) is 3. The average molecular weight is 682 g/mol. The second kappa shape index (κ2) is 14.8. The van der Waals surface area contributed by atoms with E-state index in [1.807, 2.05) is 18.2 Å². The van der Waals surface area contributed by atoms with Crippen LogP contribution >= 0.6 is 0 Å². The van der Waals surface area contributed by atoms with Crippen molar-refractivity contribution in [2.75, 3.05) is 26.1 Å². The second-order valence-corrected chi connectivity index (χ2v) is 11.9. The number of pyridine rings is 2. The maximum atomic E-state index is 12.9. The summed E-state index contributed by atoms with van der Waals surface area (Å²) in [5.41, 5.74) is 5.31. The minimum absolute atomic E-state index is 0.0521. The highest BCUT2D eigenvalue weighted by atomic mass is 19.1. The number of methoxy groups -OCH3 is 2. The smallest absolute Gasteiger partial charge is 0.337 e. The van der Waals surface area contributed by atoms with Gasteiger partial charge in [-0.25, -0.2) is 19.7 Å². The molecule has 0 aliphatic rings. The predicted octanol–water partition coefficient (Wildman–Crippen LogP) is 5.90. The SMILES string of the molecule is CCc1cc(NC(=O)c2ccc(OC)c(OC)c2)ccc1C(C)(C)CNC(=O)c1cnc2nc[nH]c2c1.O=C(O)c1c[nH]c2cnc(F)cc12. The normalized spacial score (nSPS) is 11.1. The third-order valence-corrected chi connectivity index (χ3v) is 8.11. The van der Waals surface area contributed by atoms with Crippen molar-refractivity contribution in [3.63, 3.8) is 0 Å². The van der Waals surface area contributed by atoms with Crippen molar-refractivity contribution < 1.29 is 33.4 Å². The van der Waals surface area contributed by atoms with Gasteiger partial charge in [-0.05, 0) is 53.9 Å². The Morgan fingerprint density at radius 3 is 2.38 bits per heavy atom. The van der Waals surface area contributed by atoms with Gasteiger partial charge in [-0.1, -0.05) is 26.8 Å². The molecule has 0 unspecified atom stereocenters. The number of aromatic nitrogens is 5. The number of aryl methyl sites for hydroxylation is 1. The molecule has 13 nitrogen and oxygen atoms in total. The van der Waals surface area contributed by atoms with E-state index < -0.39 is 11.9 Å². The topological polar surface area (TPSA) is 184 Å². The molecule has 0 aliphatic carbocycles. The Balaban J connectivity index is 0.000000311. The number of ether oxygens (including phenoxy) is 2. The van der Waals surface area contributed by atoms with E-state index in [0.29, 0.717) is 56.9 Å². The lowest BCUT2D eigenvalue weighted by Gasteiger charge is -2.28. The molecule has 258 valence electrons. The zero-order valence-electron chi connectivity index (χ0n) is 28.1. The van der Waals surface area contributed by atoms with Crippen LogP contribution in [0.1, 0.15) is 63.0 Å². The highest BCUT2D eigenvalue weighted by Gasteiger charge is 2.25. The van der Waals surface area contributed by atoms with Crippen LogP contribution in [-0.2, 0) is 11.8 Å². The molecule has 0 spiro atoms. The van der Waals surface area contributed by atoms with Crippen LogP contribution in [0.3, 0.4) is 0 Å². The molecule has 0 aliphatic heterocycles. The molecule has 5 N–H and O–H groups in total. The zero-order chi connectivity index (χ0) is 36.0. The van der Waals surface area contributed by atoms with Crippen LogP contribution in [0.25, 0.3) is 22.1 Å². The van der Waals surface area contributed by atoms with E-state index in [4.69, 9.17) is 14.6 Å². The van der Waals surface area contributed by atoms with Crippen LogP contribution in [0.5, 0.6) is 11.5 Å². The first-order valence-electron chi connectivity index (χ1n) is 15.5. The molecule has 0 atom stereocenters. The van der Waals surface area contributed by atoms with Gasteiger partial charge >= 0.3 is 5.97 Å². The first-order valence-corrected chi connectivity index (χ1v) is 15.5. The maximum Gasteiger partial charge on any atom is 0.337 e. The lowest BCUT2D eigenvalue weighted by molar-refractivity contribution is 0.0698. The average Bonchev–Trinajstić information content (AvgIpc) is 3.77. The number of carboxylic acid groups (broad SMARTS) is 1. The minimum atomic E-state index is -1.09. The van der Waals surface area contributed by atoms with Crippen LogP contribution in [0.2, 0.25) is 0 Å². The fourth-order valence-electron chi connectivity index (χ4n) is 5.43. The summed E-state index contributed by atoms with van der Waals surface area (Å²) >= 11 is 0. The summed E-state index contributed by atoms with van der Waals surface area (Å²) in [5, 5.41) is 15.0. The van der Waals surface area contributed by atoms with Gasteiger partial charge < -0.3 is 35.2 Å². The molecule has 6 rings (SSSR count). The Hall–Kier alpha value is -6.31. The van der Waals surface area contributed by atoms with Gasteiger partial charge in [0.1, 0.15) is 0 Å². The number of hydrogen-bond donors (Lipinski definition) is 5. The van der Waals surface area contributed by atoms with Crippen LogP contribution in [-0.4, -0.2) is 68.6 Å². The summed E-state index contributed by atoms with van der Waals surface area (Å²) in [6, 6.07) is 13.7. The number of carboxylic acids is 1. The predicted molar refractivity (Wildman–Crippen MR) is 186 cm³/mol. The number of carbonyl (C=O) groups is 3. The molecule has 6 aromatic rings. The van der Waals surface area contributed by atoms with Gasteiger partial charge in [0.25, 0.3) is 11.8 Å². The van der Waals surface area contributed by atoms with Gasteiger partial charge in [0.05, 0.1) is 48.9 Å². The number of imidazole rings is 1. The number of anilines is 1. The molecule has 14 heteroatoms. The van der Waals surface area contributed by atoms with E-state index in [2.05, 4.69) is 56.3 Å². The molecule has 4 heterocycles. The van der Waals surface area contributed by atoms with Crippen molar-refractivity contribution in [2.45, 2.75) is 32.6 Å². The number of benzene rings is 2. The maximum absolute atomic E-state index is 12.9. The molecule has 4 aromatic heterocycles. The Bertz CT molecular complexity index is 2190. The third kappa shape index (κ3) is 7.70. The zero-order valence-corrected chi connectivity index (χ0v) is 28.1. The van der Waals surface area contributed by atoms with E-state index in [9.17, 15) is 18.8 Å². The molecule has 2 aromatic carbocycles. The molecular formula is C36H36FN7O6. The van der Waals surface area contributed by atoms with E-state index in [1.165, 1.54) is 25.7 Å². The number of nitrogens with one attached hydrogen (secondary N) is 4. The highest BCUT2D eigenvalue weighted by Crippen LogP contribution is 2.31. The Kier molecular flexibility index (Phi) is 10.4. The van der Waals surface area contributed by atoms with Gasteiger partial charge in [-0.3, -0.25) is 9.59 Å². The van der Waals surface area contributed by atoms with E-state index in [1.54, 1.807) is 37.7 Å².